The van der Waals surface area contributed by atoms with Gasteiger partial charge in [-0.05, 0) is 12.3 Å². The van der Waals surface area contributed by atoms with Crippen LogP contribution in [0, 0.1) is 0 Å². The number of carbonyl (C=O) groups is 1. The molecule has 1 aliphatic heterocycles. The highest BCUT2D eigenvalue weighted by molar-refractivity contribution is 7.98. The Hall–Kier alpha value is -1.27. The summed E-state index contributed by atoms with van der Waals surface area (Å²) in [6.45, 7) is 2.97. The monoisotopic (exact) mass is 267 g/mol. The average molecular weight is 267 g/mol. The molecule has 1 saturated heterocycles. The molecule has 18 heavy (non-hydrogen) atoms. The molecule has 1 N–H and O–H groups in total. The maximum absolute atomic E-state index is 11.8. The minimum Gasteiger partial charge on any atom is -0.378 e. The van der Waals surface area contributed by atoms with E-state index in [1.54, 1.807) is 25.0 Å². The minimum atomic E-state index is -0.149. The van der Waals surface area contributed by atoms with E-state index in [-0.39, 0.29) is 5.91 Å². The van der Waals surface area contributed by atoms with Crippen molar-refractivity contribution >= 4 is 23.4 Å². The van der Waals surface area contributed by atoms with Gasteiger partial charge in [0, 0.05) is 31.2 Å². The van der Waals surface area contributed by atoms with E-state index in [9.17, 15) is 4.79 Å². The van der Waals surface area contributed by atoms with E-state index in [0.29, 0.717) is 18.9 Å². The lowest BCUT2D eigenvalue weighted by molar-refractivity contribution is 0.0956. The quantitative estimate of drug-likeness (QED) is 0.828. The Morgan fingerprint density at radius 1 is 1.50 bits per heavy atom. The summed E-state index contributed by atoms with van der Waals surface area (Å²) >= 11 is 1.62. The number of hydrogen-bond acceptors (Lipinski definition) is 5. The van der Waals surface area contributed by atoms with Gasteiger partial charge in [0.25, 0.3) is 5.91 Å². The molecule has 1 fully saturated rings. The molecule has 98 valence electrons. The van der Waals surface area contributed by atoms with E-state index in [1.165, 1.54) is 0 Å². The van der Waals surface area contributed by atoms with Crippen LogP contribution >= 0.6 is 11.8 Å². The molecule has 2 heterocycles. The summed E-state index contributed by atoms with van der Waals surface area (Å²) in [5, 5.41) is 2.63. The highest BCUT2D eigenvalue weighted by Crippen LogP contribution is 2.25. The van der Waals surface area contributed by atoms with E-state index in [2.05, 4.69) is 15.2 Å². The first-order valence-electron chi connectivity index (χ1n) is 5.85. The third kappa shape index (κ3) is 2.76. The number of rotatable bonds is 3. The van der Waals surface area contributed by atoms with Crippen molar-refractivity contribution in [3.63, 3.8) is 0 Å². The molecule has 1 aliphatic rings. The van der Waals surface area contributed by atoms with Gasteiger partial charge < -0.3 is 15.0 Å². The molecule has 0 aromatic carbocycles. The SMILES string of the molecule is CNC(=O)c1ncc(SC)cc1N1CCOCC1. The second-order valence-corrected chi connectivity index (χ2v) is 4.80. The smallest absolute Gasteiger partial charge is 0.271 e. The normalized spacial score (nSPS) is 15.6. The van der Waals surface area contributed by atoms with Crippen LogP contribution in [0.2, 0.25) is 0 Å². The van der Waals surface area contributed by atoms with Gasteiger partial charge in [-0.1, -0.05) is 0 Å². The summed E-state index contributed by atoms with van der Waals surface area (Å²) in [5.74, 6) is -0.149. The molecule has 0 aliphatic carbocycles. The number of aromatic nitrogens is 1. The van der Waals surface area contributed by atoms with Gasteiger partial charge in [-0.25, -0.2) is 4.98 Å². The number of nitrogens with zero attached hydrogens (tertiary/aromatic N) is 2. The first-order valence-corrected chi connectivity index (χ1v) is 7.07. The molecule has 1 aromatic heterocycles. The van der Waals surface area contributed by atoms with Crippen LogP contribution < -0.4 is 10.2 Å². The van der Waals surface area contributed by atoms with E-state index >= 15 is 0 Å². The fourth-order valence-electron chi connectivity index (χ4n) is 1.88. The second kappa shape index (κ2) is 6.06. The summed E-state index contributed by atoms with van der Waals surface area (Å²) in [6, 6.07) is 2.02. The molecule has 0 saturated carbocycles. The zero-order chi connectivity index (χ0) is 13.0. The minimum absolute atomic E-state index is 0.149. The van der Waals surface area contributed by atoms with E-state index in [4.69, 9.17) is 4.74 Å². The standard InChI is InChI=1S/C12H17N3O2S/c1-13-12(16)11-10(7-9(18-2)8-14-11)15-3-5-17-6-4-15/h7-8H,3-6H2,1-2H3,(H,13,16). The molecular weight excluding hydrogens is 250 g/mol. The molecule has 0 unspecified atom stereocenters. The maximum Gasteiger partial charge on any atom is 0.271 e. The number of hydrogen-bond donors (Lipinski definition) is 1. The fraction of sp³-hybridized carbons (Fsp3) is 0.500. The number of anilines is 1. The topological polar surface area (TPSA) is 54.5 Å². The molecular formula is C12H17N3O2S. The third-order valence-corrected chi connectivity index (χ3v) is 3.57. The Kier molecular flexibility index (Phi) is 4.43. The van der Waals surface area contributed by atoms with Gasteiger partial charge in [0.1, 0.15) is 0 Å². The number of ether oxygens (including phenoxy) is 1. The number of thioether (sulfide) groups is 1. The summed E-state index contributed by atoms with van der Waals surface area (Å²) in [5.41, 5.74) is 1.38. The zero-order valence-electron chi connectivity index (χ0n) is 10.6. The van der Waals surface area contributed by atoms with Crippen molar-refractivity contribution in [2.45, 2.75) is 4.90 Å². The Balaban J connectivity index is 2.36. The molecule has 1 amide bonds. The van der Waals surface area contributed by atoms with Crippen molar-refractivity contribution in [1.82, 2.24) is 10.3 Å². The predicted octanol–water partition coefficient (Wildman–Crippen LogP) is 1.000. The van der Waals surface area contributed by atoms with Gasteiger partial charge >= 0.3 is 0 Å². The number of carbonyl (C=O) groups excluding carboxylic acids is 1. The summed E-state index contributed by atoms with van der Waals surface area (Å²) in [6.07, 6.45) is 3.73. The van der Waals surface area contributed by atoms with Crippen molar-refractivity contribution in [2.75, 3.05) is 44.5 Å². The Bertz CT molecular complexity index is 433. The van der Waals surface area contributed by atoms with E-state index < -0.39 is 0 Å². The molecule has 6 heteroatoms. The van der Waals surface area contributed by atoms with Crippen molar-refractivity contribution in [3.8, 4) is 0 Å². The van der Waals surface area contributed by atoms with Crippen LogP contribution in [0.4, 0.5) is 5.69 Å². The number of nitrogens with one attached hydrogen (secondary N) is 1. The van der Waals surface area contributed by atoms with Crippen molar-refractivity contribution < 1.29 is 9.53 Å². The van der Waals surface area contributed by atoms with Crippen LogP contribution in [-0.2, 0) is 4.74 Å². The maximum atomic E-state index is 11.8. The van der Waals surface area contributed by atoms with Gasteiger partial charge in [0.15, 0.2) is 5.69 Å². The summed E-state index contributed by atoms with van der Waals surface area (Å²) in [4.78, 5) is 19.3. The van der Waals surface area contributed by atoms with Crippen LogP contribution in [0.1, 0.15) is 10.5 Å². The Labute approximate surface area is 111 Å². The first-order chi connectivity index (χ1) is 8.76. The van der Waals surface area contributed by atoms with Crippen molar-refractivity contribution in [2.24, 2.45) is 0 Å². The molecule has 1 aromatic rings. The lowest BCUT2D eigenvalue weighted by Crippen LogP contribution is -2.38. The predicted molar refractivity (Wildman–Crippen MR) is 72.4 cm³/mol. The van der Waals surface area contributed by atoms with Gasteiger partial charge in [-0.2, -0.15) is 0 Å². The number of amides is 1. The Morgan fingerprint density at radius 2 is 2.22 bits per heavy atom. The first kappa shape index (κ1) is 13.2. The van der Waals surface area contributed by atoms with Crippen LogP contribution in [0.15, 0.2) is 17.2 Å². The molecule has 0 bridgehead atoms. The fourth-order valence-corrected chi connectivity index (χ4v) is 2.27. The van der Waals surface area contributed by atoms with Crippen molar-refractivity contribution in [1.29, 1.82) is 0 Å². The molecule has 0 spiro atoms. The molecule has 5 nitrogen and oxygen atoms in total. The lowest BCUT2D eigenvalue weighted by Gasteiger charge is -2.30. The average Bonchev–Trinajstić information content (AvgIpc) is 2.46. The largest absolute Gasteiger partial charge is 0.378 e. The summed E-state index contributed by atoms with van der Waals surface area (Å²) < 4.78 is 5.34. The van der Waals surface area contributed by atoms with Crippen LogP contribution in [-0.4, -0.2) is 50.5 Å². The highest BCUT2D eigenvalue weighted by atomic mass is 32.2. The number of morpholine rings is 1. The van der Waals surface area contributed by atoms with Gasteiger partial charge in [-0.15, -0.1) is 11.8 Å². The third-order valence-electron chi connectivity index (χ3n) is 2.87. The van der Waals surface area contributed by atoms with Crippen LogP contribution in [0.5, 0.6) is 0 Å². The Morgan fingerprint density at radius 3 is 2.83 bits per heavy atom. The molecule has 0 atom stereocenters. The molecule has 2 rings (SSSR count). The van der Waals surface area contributed by atoms with Gasteiger partial charge in [-0.3, -0.25) is 4.79 Å². The van der Waals surface area contributed by atoms with E-state index in [1.807, 2.05) is 12.3 Å². The van der Waals surface area contributed by atoms with Crippen LogP contribution in [0.25, 0.3) is 0 Å². The molecule has 0 radical (unpaired) electrons. The zero-order valence-corrected chi connectivity index (χ0v) is 11.4. The van der Waals surface area contributed by atoms with E-state index in [0.717, 1.165) is 23.7 Å². The van der Waals surface area contributed by atoms with Crippen LogP contribution in [0.3, 0.4) is 0 Å². The number of pyridine rings is 1. The van der Waals surface area contributed by atoms with Crippen molar-refractivity contribution in [3.05, 3.63) is 18.0 Å². The summed E-state index contributed by atoms with van der Waals surface area (Å²) in [7, 11) is 1.62. The highest BCUT2D eigenvalue weighted by Gasteiger charge is 2.19. The second-order valence-electron chi connectivity index (χ2n) is 3.92. The van der Waals surface area contributed by atoms with Gasteiger partial charge in [0.05, 0.1) is 18.9 Å². The lowest BCUT2D eigenvalue weighted by atomic mass is 10.2. The van der Waals surface area contributed by atoms with Gasteiger partial charge in [0.2, 0.25) is 0 Å².